The molecule has 1 saturated carbocycles. The highest BCUT2D eigenvalue weighted by molar-refractivity contribution is 5.89. The lowest BCUT2D eigenvalue weighted by Gasteiger charge is -2.21. The number of amides is 2. The van der Waals surface area contributed by atoms with E-state index in [0.717, 1.165) is 35.1 Å². The Balaban J connectivity index is 1.38. The molecule has 1 unspecified atom stereocenters. The first kappa shape index (κ1) is 22.6. The van der Waals surface area contributed by atoms with Gasteiger partial charge in [-0.25, -0.2) is 9.59 Å². The summed E-state index contributed by atoms with van der Waals surface area (Å²) >= 11 is 0. The number of benzene rings is 2. The second-order valence-electron chi connectivity index (χ2n) is 8.63. The molecule has 33 heavy (non-hydrogen) atoms. The van der Waals surface area contributed by atoms with Crippen molar-refractivity contribution in [3.05, 3.63) is 72.3 Å². The van der Waals surface area contributed by atoms with Crippen LogP contribution in [-0.4, -0.2) is 41.8 Å². The van der Waals surface area contributed by atoms with E-state index in [1.807, 2.05) is 36.4 Å². The molecule has 0 bridgehead atoms. The van der Waals surface area contributed by atoms with Gasteiger partial charge in [0.15, 0.2) is 0 Å². The molecule has 0 aromatic heterocycles. The van der Waals surface area contributed by atoms with Crippen LogP contribution in [0, 0.1) is 5.92 Å². The fourth-order valence-corrected chi connectivity index (χ4v) is 4.36. The molecular weight excluding hydrogens is 420 g/mol. The number of carbonyl (C=O) groups excluding carboxylic acids is 2. The van der Waals surface area contributed by atoms with E-state index in [0.29, 0.717) is 12.3 Å². The first-order chi connectivity index (χ1) is 16.0. The van der Waals surface area contributed by atoms with Crippen LogP contribution >= 0.6 is 0 Å². The zero-order chi connectivity index (χ0) is 23.4. The highest BCUT2D eigenvalue weighted by Crippen LogP contribution is 2.44. The van der Waals surface area contributed by atoms with Crippen molar-refractivity contribution < 1.29 is 24.2 Å². The summed E-state index contributed by atoms with van der Waals surface area (Å²) in [5.41, 5.74) is 4.44. The molecule has 2 aliphatic carbocycles. The van der Waals surface area contributed by atoms with Gasteiger partial charge in [-0.3, -0.25) is 4.79 Å². The fraction of sp³-hybridized carbons (Fsp3) is 0.346. The molecule has 2 amide bonds. The van der Waals surface area contributed by atoms with Crippen LogP contribution in [0.5, 0.6) is 0 Å². The molecule has 2 aromatic carbocycles. The van der Waals surface area contributed by atoms with Gasteiger partial charge in [0.25, 0.3) is 0 Å². The van der Waals surface area contributed by atoms with E-state index in [1.54, 1.807) is 0 Å². The van der Waals surface area contributed by atoms with Crippen molar-refractivity contribution >= 4 is 18.0 Å². The number of ether oxygens (including phenoxy) is 1. The molecule has 1 fully saturated rings. The Morgan fingerprint density at radius 2 is 1.61 bits per heavy atom. The zero-order valence-corrected chi connectivity index (χ0v) is 18.3. The predicted molar refractivity (Wildman–Crippen MR) is 124 cm³/mol. The predicted octanol–water partition coefficient (Wildman–Crippen LogP) is 3.84. The van der Waals surface area contributed by atoms with E-state index in [9.17, 15) is 19.5 Å². The summed E-state index contributed by atoms with van der Waals surface area (Å²) in [6, 6.07) is 14.1. The summed E-state index contributed by atoms with van der Waals surface area (Å²) in [5, 5.41) is 14.5. The molecule has 0 radical (unpaired) electrons. The van der Waals surface area contributed by atoms with Gasteiger partial charge in [0.05, 0.1) is 0 Å². The van der Waals surface area contributed by atoms with Crippen molar-refractivity contribution in [2.24, 2.45) is 5.92 Å². The SMILES string of the molecule is C=CCC(NC(=O)OCC1c2ccccc2-c2ccccc21)C(=O)N[C@@H](CC1CC1)C(=O)O. The Bertz CT molecular complexity index is 1020. The Morgan fingerprint density at radius 1 is 1.00 bits per heavy atom. The van der Waals surface area contributed by atoms with Gasteiger partial charge in [0.1, 0.15) is 18.7 Å². The number of rotatable bonds is 10. The second kappa shape index (κ2) is 9.90. The molecule has 0 spiro atoms. The van der Waals surface area contributed by atoms with Crippen molar-refractivity contribution in [3.8, 4) is 11.1 Å². The number of fused-ring (bicyclic) bond motifs is 3. The van der Waals surface area contributed by atoms with Crippen LogP contribution in [0.25, 0.3) is 11.1 Å². The monoisotopic (exact) mass is 448 g/mol. The number of carboxylic acid groups (broad SMARTS) is 1. The third-order valence-electron chi connectivity index (χ3n) is 6.24. The van der Waals surface area contributed by atoms with E-state index >= 15 is 0 Å². The average Bonchev–Trinajstić information content (AvgIpc) is 3.57. The van der Waals surface area contributed by atoms with Gasteiger partial charge in [0, 0.05) is 5.92 Å². The fourth-order valence-electron chi connectivity index (χ4n) is 4.36. The standard InChI is InChI=1S/C26H28N2O5/c1-2-7-22(24(29)27-23(25(30)31)14-16-12-13-16)28-26(32)33-15-21-19-10-5-3-8-17(19)18-9-4-6-11-20(18)21/h2-6,8-11,16,21-23H,1,7,12-15H2,(H,27,29)(H,28,32)(H,30,31)/t22?,23-/m0/s1. The van der Waals surface area contributed by atoms with Gasteiger partial charge >= 0.3 is 12.1 Å². The maximum Gasteiger partial charge on any atom is 0.407 e. The minimum atomic E-state index is -1.08. The molecule has 4 rings (SSSR count). The van der Waals surface area contributed by atoms with E-state index < -0.39 is 30.1 Å². The van der Waals surface area contributed by atoms with Gasteiger partial charge in [-0.1, -0.05) is 67.4 Å². The maximum atomic E-state index is 12.7. The normalized spacial score (nSPS) is 16.1. The number of hydrogen-bond donors (Lipinski definition) is 3. The molecular formula is C26H28N2O5. The molecule has 7 nitrogen and oxygen atoms in total. The lowest BCUT2D eigenvalue weighted by atomic mass is 9.98. The van der Waals surface area contributed by atoms with Crippen molar-refractivity contribution in [2.45, 2.75) is 43.7 Å². The topological polar surface area (TPSA) is 105 Å². The zero-order valence-electron chi connectivity index (χ0n) is 18.3. The molecule has 3 N–H and O–H groups in total. The van der Waals surface area contributed by atoms with Gasteiger partial charge in [0.2, 0.25) is 5.91 Å². The highest BCUT2D eigenvalue weighted by Gasteiger charge is 2.33. The van der Waals surface area contributed by atoms with E-state index in [2.05, 4.69) is 29.3 Å². The smallest absolute Gasteiger partial charge is 0.407 e. The van der Waals surface area contributed by atoms with Crippen LogP contribution in [0.4, 0.5) is 4.79 Å². The number of aliphatic carboxylic acids is 1. The molecule has 2 aliphatic rings. The third-order valence-corrected chi connectivity index (χ3v) is 6.24. The minimum absolute atomic E-state index is 0.0928. The van der Waals surface area contributed by atoms with Crippen LogP contribution in [0.1, 0.15) is 42.7 Å². The number of nitrogens with one attached hydrogen (secondary N) is 2. The summed E-state index contributed by atoms with van der Waals surface area (Å²) in [6.07, 6.45) is 3.29. The summed E-state index contributed by atoms with van der Waals surface area (Å²) in [4.78, 5) is 36.7. The lowest BCUT2D eigenvalue weighted by Crippen LogP contribution is -2.51. The van der Waals surface area contributed by atoms with E-state index in [4.69, 9.17) is 4.74 Å². The Hall–Kier alpha value is -3.61. The highest BCUT2D eigenvalue weighted by atomic mass is 16.5. The van der Waals surface area contributed by atoms with Crippen LogP contribution in [-0.2, 0) is 14.3 Å². The summed E-state index contributed by atoms with van der Waals surface area (Å²) in [6.45, 7) is 3.76. The number of hydrogen-bond acceptors (Lipinski definition) is 4. The van der Waals surface area contributed by atoms with Gasteiger partial charge in [-0.15, -0.1) is 6.58 Å². The van der Waals surface area contributed by atoms with Crippen molar-refractivity contribution in [3.63, 3.8) is 0 Å². The number of carbonyl (C=O) groups is 3. The maximum absolute atomic E-state index is 12.7. The number of alkyl carbamates (subject to hydrolysis) is 1. The van der Waals surface area contributed by atoms with Gasteiger partial charge in [-0.2, -0.15) is 0 Å². The molecule has 0 heterocycles. The van der Waals surface area contributed by atoms with E-state index in [-0.39, 0.29) is 18.9 Å². The Morgan fingerprint density at radius 3 is 2.15 bits per heavy atom. The van der Waals surface area contributed by atoms with Crippen LogP contribution in [0.15, 0.2) is 61.2 Å². The van der Waals surface area contributed by atoms with Crippen molar-refractivity contribution in [1.29, 1.82) is 0 Å². The van der Waals surface area contributed by atoms with Gasteiger partial charge in [-0.05, 0) is 41.0 Å². The Kier molecular flexibility index (Phi) is 6.77. The first-order valence-electron chi connectivity index (χ1n) is 11.2. The van der Waals surface area contributed by atoms with E-state index in [1.165, 1.54) is 6.08 Å². The summed E-state index contributed by atoms with van der Waals surface area (Å²) in [5.74, 6) is -1.39. The second-order valence-corrected chi connectivity index (χ2v) is 8.63. The largest absolute Gasteiger partial charge is 0.480 e. The van der Waals surface area contributed by atoms with Gasteiger partial charge < -0.3 is 20.5 Å². The first-order valence-corrected chi connectivity index (χ1v) is 11.2. The Labute approximate surface area is 192 Å². The third kappa shape index (κ3) is 5.25. The quantitative estimate of drug-likeness (QED) is 0.479. The molecule has 2 aromatic rings. The molecule has 7 heteroatoms. The molecule has 0 aliphatic heterocycles. The van der Waals surface area contributed by atoms with Crippen LogP contribution in [0.3, 0.4) is 0 Å². The van der Waals surface area contributed by atoms with Crippen LogP contribution in [0.2, 0.25) is 0 Å². The minimum Gasteiger partial charge on any atom is -0.480 e. The molecule has 2 atom stereocenters. The summed E-state index contributed by atoms with van der Waals surface area (Å²) in [7, 11) is 0. The summed E-state index contributed by atoms with van der Waals surface area (Å²) < 4.78 is 5.51. The lowest BCUT2D eigenvalue weighted by molar-refractivity contribution is -0.142. The van der Waals surface area contributed by atoms with Crippen LogP contribution < -0.4 is 10.6 Å². The van der Waals surface area contributed by atoms with Crippen molar-refractivity contribution in [2.75, 3.05) is 6.61 Å². The van der Waals surface area contributed by atoms with Crippen molar-refractivity contribution in [1.82, 2.24) is 10.6 Å². The molecule has 172 valence electrons. The average molecular weight is 449 g/mol. The number of carboxylic acids is 1. The molecule has 0 saturated heterocycles.